The lowest BCUT2D eigenvalue weighted by Crippen LogP contribution is -2.54. The molecule has 0 unspecified atom stereocenters. The molecule has 0 radical (unpaired) electrons. The van der Waals surface area contributed by atoms with Gasteiger partial charge < -0.3 is 21.3 Å². The van der Waals surface area contributed by atoms with Crippen molar-refractivity contribution in [3.05, 3.63) is 29.6 Å². The van der Waals surface area contributed by atoms with Gasteiger partial charge in [-0.15, -0.1) is 0 Å². The van der Waals surface area contributed by atoms with Gasteiger partial charge in [0.1, 0.15) is 0 Å². The smallest absolute Gasteiger partial charge is 0.0574 e. The Labute approximate surface area is 170 Å². The number of hydrogen-bond donors (Lipinski definition) is 4. The van der Waals surface area contributed by atoms with Crippen LogP contribution in [-0.4, -0.2) is 42.2 Å². The van der Waals surface area contributed by atoms with Gasteiger partial charge in [0.25, 0.3) is 0 Å². The predicted molar refractivity (Wildman–Crippen MR) is 115 cm³/mol. The first-order valence-corrected chi connectivity index (χ1v) is 11.7. The van der Waals surface area contributed by atoms with E-state index in [2.05, 4.69) is 53.3 Å². The maximum Gasteiger partial charge on any atom is 0.0574 e. The summed E-state index contributed by atoms with van der Waals surface area (Å²) < 4.78 is 0. The molecule has 2 bridgehead atoms. The fraction of sp³-hybridized carbons (Fsp3) is 0.783. The first kappa shape index (κ1) is 20.3. The summed E-state index contributed by atoms with van der Waals surface area (Å²) in [4.78, 5) is 5.06. The van der Waals surface area contributed by atoms with Crippen molar-refractivity contribution in [2.75, 3.05) is 13.1 Å². The van der Waals surface area contributed by atoms with E-state index >= 15 is 0 Å². The van der Waals surface area contributed by atoms with Crippen LogP contribution < -0.4 is 21.3 Å². The molecular formula is C23H39N5. The third-order valence-corrected chi connectivity index (χ3v) is 7.08. The van der Waals surface area contributed by atoms with Gasteiger partial charge in [0.2, 0.25) is 0 Å². The molecule has 0 saturated heterocycles. The highest BCUT2D eigenvalue weighted by atomic mass is 15.1. The van der Waals surface area contributed by atoms with Crippen LogP contribution in [0, 0.1) is 0 Å². The number of fused-ring (bicyclic) bond motifs is 4. The molecule has 6 atom stereocenters. The summed E-state index contributed by atoms with van der Waals surface area (Å²) in [6.07, 6.45) is 10.4. The van der Waals surface area contributed by atoms with Crippen LogP contribution >= 0.6 is 0 Å². The first-order valence-electron chi connectivity index (χ1n) is 11.7. The Morgan fingerprint density at radius 1 is 0.679 bits per heavy atom. The molecule has 0 aromatic carbocycles. The van der Waals surface area contributed by atoms with Crippen molar-refractivity contribution < 1.29 is 0 Å². The molecule has 4 N–H and O–H groups in total. The summed E-state index contributed by atoms with van der Waals surface area (Å²) in [7, 11) is 0. The van der Waals surface area contributed by atoms with Crippen LogP contribution in [0.5, 0.6) is 0 Å². The number of nitrogens with one attached hydrogen (secondary N) is 4. The van der Waals surface area contributed by atoms with Gasteiger partial charge in [0.05, 0.1) is 11.4 Å². The quantitative estimate of drug-likeness (QED) is 0.552. The lowest BCUT2D eigenvalue weighted by molar-refractivity contribution is 0.254. The zero-order valence-corrected chi connectivity index (χ0v) is 17.7. The van der Waals surface area contributed by atoms with Gasteiger partial charge in [-0.2, -0.15) is 0 Å². The first-order chi connectivity index (χ1) is 13.7. The third-order valence-electron chi connectivity index (χ3n) is 7.08. The van der Waals surface area contributed by atoms with Crippen LogP contribution in [0.15, 0.2) is 18.2 Å². The molecule has 2 heterocycles. The molecule has 2 aliphatic carbocycles. The fourth-order valence-corrected chi connectivity index (χ4v) is 5.43. The fourth-order valence-electron chi connectivity index (χ4n) is 5.43. The molecule has 2 fully saturated rings. The molecular weight excluding hydrogens is 346 g/mol. The van der Waals surface area contributed by atoms with E-state index in [1.807, 2.05) is 0 Å². The van der Waals surface area contributed by atoms with Crippen LogP contribution in [0.1, 0.15) is 88.7 Å². The van der Waals surface area contributed by atoms with E-state index in [0.717, 1.165) is 13.1 Å². The van der Waals surface area contributed by atoms with Gasteiger partial charge in [-0.05, 0) is 51.7 Å². The molecule has 28 heavy (non-hydrogen) atoms. The molecule has 5 heteroatoms. The van der Waals surface area contributed by atoms with Crippen LogP contribution in [-0.2, 0) is 0 Å². The number of nitrogens with zero attached hydrogens (tertiary/aromatic N) is 1. The average Bonchev–Trinajstić information content (AvgIpc) is 2.73. The van der Waals surface area contributed by atoms with Crippen molar-refractivity contribution in [3.63, 3.8) is 0 Å². The lowest BCUT2D eigenvalue weighted by Gasteiger charge is -2.36. The molecule has 1 aromatic rings. The topological polar surface area (TPSA) is 61.0 Å². The van der Waals surface area contributed by atoms with E-state index in [9.17, 15) is 0 Å². The Morgan fingerprint density at radius 2 is 1.11 bits per heavy atom. The second kappa shape index (κ2) is 9.66. The summed E-state index contributed by atoms with van der Waals surface area (Å²) in [5.74, 6) is 0. The summed E-state index contributed by atoms with van der Waals surface area (Å²) in [6.45, 7) is 6.66. The Morgan fingerprint density at radius 3 is 1.57 bits per heavy atom. The molecule has 0 amide bonds. The van der Waals surface area contributed by atoms with Crippen molar-refractivity contribution in [3.8, 4) is 0 Å². The van der Waals surface area contributed by atoms with Crippen molar-refractivity contribution in [1.29, 1.82) is 0 Å². The van der Waals surface area contributed by atoms with Crippen molar-refractivity contribution >= 4 is 0 Å². The van der Waals surface area contributed by atoms with Crippen LogP contribution in [0.4, 0.5) is 0 Å². The van der Waals surface area contributed by atoms with Gasteiger partial charge >= 0.3 is 0 Å². The summed E-state index contributed by atoms with van der Waals surface area (Å²) in [5.41, 5.74) is 2.34. The van der Waals surface area contributed by atoms with E-state index in [4.69, 9.17) is 4.98 Å². The SMILES string of the molecule is C[C@@H]1N[C@H]2CCCC[C@@H]2NCCN[C@H]2CCCC[C@@H]2N[C@@H](C)c2cccc1n2. The Bertz CT molecular complexity index is 572. The van der Waals surface area contributed by atoms with E-state index in [1.54, 1.807) is 0 Å². The van der Waals surface area contributed by atoms with Crippen LogP contribution in [0.2, 0.25) is 0 Å². The van der Waals surface area contributed by atoms with Gasteiger partial charge in [-0.3, -0.25) is 4.98 Å². The molecule has 0 spiro atoms. The molecule has 1 aromatic heterocycles. The zero-order valence-electron chi connectivity index (χ0n) is 17.7. The van der Waals surface area contributed by atoms with Crippen molar-refractivity contribution in [2.45, 2.75) is 101 Å². The normalized spacial score (nSPS) is 37.8. The Kier molecular flexibility index (Phi) is 6.99. The number of aromatic nitrogens is 1. The highest BCUT2D eigenvalue weighted by molar-refractivity contribution is 5.17. The number of pyridine rings is 1. The van der Waals surface area contributed by atoms with E-state index in [0.29, 0.717) is 24.2 Å². The average molecular weight is 386 g/mol. The minimum absolute atomic E-state index is 0.283. The van der Waals surface area contributed by atoms with Crippen LogP contribution in [0.3, 0.4) is 0 Å². The largest absolute Gasteiger partial charge is 0.311 e. The molecule has 3 aliphatic rings. The summed E-state index contributed by atoms with van der Waals surface area (Å²) >= 11 is 0. The Hall–Kier alpha value is -1.01. The minimum atomic E-state index is 0.283. The summed E-state index contributed by atoms with van der Waals surface area (Å²) in [6, 6.07) is 9.34. The number of rotatable bonds is 0. The monoisotopic (exact) mass is 385 g/mol. The minimum Gasteiger partial charge on any atom is -0.311 e. The van der Waals surface area contributed by atoms with E-state index < -0.39 is 0 Å². The van der Waals surface area contributed by atoms with E-state index in [-0.39, 0.29) is 12.1 Å². The second-order valence-corrected chi connectivity index (χ2v) is 9.17. The van der Waals surface area contributed by atoms with Gasteiger partial charge in [-0.1, -0.05) is 31.7 Å². The maximum atomic E-state index is 5.06. The predicted octanol–water partition coefficient (Wildman–Crippen LogP) is 3.20. The molecule has 2 saturated carbocycles. The lowest BCUT2D eigenvalue weighted by atomic mass is 9.89. The van der Waals surface area contributed by atoms with Gasteiger partial charge in [0.15, 0.2) is 0 Å². The third kappa shape index (κ3) is 4.93. The van der Waals surface area contributed by atoms with Crippen molar-refractivity contribution in [2.24, 2.45) is 0 Å². The molecule has 4 rings (SSSR count). The van der Waals surface area contributed by atoms with Crippen LogP contribution in [0.25, 0.3) is 0 Å². The highest BCUT2D eigenvalue weighted by Gasteiger charge is 2.29. The van der Waals surface area contributed by atoms with Crippen molar-refractivity contribution in [1.82, 2.24) is 26.3 Å². The van der Waals surface area contributed by atoms with E-state index in [1.165, 1.54) is 62.8 Å². The number of hydrogen-bond acceptors (Lipinski definition) is 5. The second-order valence-electron chi connectivity index (χ2n) is 9.17. The maximum absolute atomic E-state index is 5.06. The highest BCUT2D eigenvalue weighted by Crippen LogP contribution is 2.24. The van der Waals surface area contributed by atoms with Gasteiger partial charge in [-0.25, -0.2) is 0 Å². The summed E-state index contributed by atoms with van der Waals surface area (Å²) in [5, 5.41) is 15.5. The Balaban J connectivity index is 1.56. The molecule has 1 aliphatic heterocycles. The molecule has 5 nitrogen and oxygen atoms in total. The van der Waals surface area contributed by atoms with Gasteiger partial charge in [0, 0.05) is 49.3 Å². The molecule has 156 valence electrons. The zero-order chi connectivity index (χ0) is 19.3. The standard InChI is InChI=1S/C23H39N5/c1-16-18-12-7-13-19(28-18)17(2)27-23-11-6-4-9-21(23)25-15-14-24-20-8-3-5-10-22(20)26-16/h7,12-13,16-17,20-27H,3-6,8-11,14-15H2,1-2H3/t16-,17-,20-,21-,22-,23-/m0/s1.